The van der Waals surface area contributed by atoms with Crippen LogP contribution in [0.15, 0.2) is 23.1 Å². The molecule has 3 amide bonds. The minimum atomic E-state index is -4.42. The number of carbonyl (C=O) groups is 3. The van der Waals surface area contributed by atoms with Crippen molar-refractivity contribution < 1.29 is 32.6 Å². The van der Waals surface area contributed by atoms with Crippen LogP contribution >= 0.6 is 0 Å². The molecule has 2 aliphatic heterocycles. The van der Waals surface area contributed by atoms with Crippen LogP contribution < -0.4 is 20.1 Å². The van der Waals surface area contributed by atoms with Gasteiger partial charge in [-0.3, -0.25) is 14.4 Å². The molecule has 0 bridgehead atoms. The van der Waals surface area contributed by atoms with E-state index in [0.29, 0.717) is 37.9 Å². The number of amides is 3. The van der Waals surface area contributed by atoms with Crippen molar-refractivity contribution in [1.29, 1.82) is 0 Å². The van der Waals surface area contributed by atoms with Gasteiger partial charge in [0.15, 0.2) is 11.8 Å². The van der Waals surface area contributed by atoms with Gasteiger partial charge in [-0.1, -0.05) is 6.07 Å². The first-order chi connectivity index (χ1) is 14.7. The summed E-state index contributed by atoms with van der Waals surface area (Å²) in [5, 5.41) is 9.60. The fourth-order valence-electron chi connectivity index (χ4n) is 3.75. The number of anilines is 1. The summed E-state index contributed by atoms with van der Waals surface area (Å²) >= 11 is 0. The summed E-state index contributed by atoms with van der Waals surface area (Å²) < 4.78 is 33.6. The second-order valence-electron chi connectivity index (χ2n) is 7.47. The van der Waals surface area contributed by atoms with Crippen molar-refractivity contribution in [2.45, 2.75) is 42.7 Å². The molecular formula is C19H26N4O7S. The number of ether oxygens (including phenoxy) is 1. The van der Waals surface area contributed by atoms with Gasteiger partial charge in [0.05, 0.1) is 18.9 Å². The van der Waals surface area contributed by atoms with Gasteiger partial charge in [0.2, 0.25) is 27.7 Å². The number of aliphatic hydroxyl groups is 1. The molecule has 2 fully saturated rings. The number of para-hydroxylation sites is 1. The molecule has 0 unspecified atom stereocenters. The third-order valence-electron chi connectivity index (χ3n) is 5.40. The molecule has 1 atom stereocenters. The molecule has 3 rings (SSSR count). The van der Waals surface area contributed by atoms with Gasteiger partial charge in [-0.2, -0.15) is 4.72 Å². The highest BCUT2D eigenvalue weighted by Crippen LogP contribution is 2.36. The van der Waals surface area contributed by atoms with Gasteiger partial charge in [0.1, 0.15) is 4.90 Å². The smallest absolute Gasteiger partial charge is 0.250 e. The monoisotopic (exact) mass is 454 g/mol. The summed E-state index contributed by atoms with van der Waals surface area (Å²) in [5.41, 5.74) is 5.62. The Morgan fingerprint density at radius 3 is 2.48 bits per heavy atom. The van der Waals surface area contributed by atoms with Crippen molar-refractivity contribution in [3.8, 4) is 5.75 Å². The molecule has 0 spiro atoms. The number of hydrogen-bond donors (Lipinski definition) is 3. The average Bonchev–Trinajstić information content (AvgIpc) is 3.17. The molecule has 2 heterocycles. The van der Waals surface area contributed by atoms with Crippen LogP contribution in [0.25, 0.3) is 0 Å². The number of nitrogens with one attached hydrogen (secondary N) is 1. The number of rotatable bonds is 7. The lowest BCUT2D eigenvalue weighted by Gasteiger charge is -2.31. The summed E-state index contributed by atoms with van der Waals surface area (Å²) in [6.45, 7) is 0.790. The molecule has 0 aromatic heterocycles. The summed E-state index contributed by atoms with van der Waals surface area (Å²) in [6.07, 6.45) is 1.09. The Morgan fingerprint density at radius 2 is 1.94 bits per heavy atom. The molecule has 4 N–H and O–H groups in total. The van der Waals surface area contributed by atoms with Gasteiger partial charge in [-0.15, -0.1) is 0 Å². The van der Waals surface area contributed by atoms with Crippen molar-refractivity contribution >= 4 is 33.4 Å². The minimum absolute atomic E-state index is 0.0676. The summed E-state index contributed by atoms with van der Waals surface area (Å²) in [4.78, 5) is 39.3. The third kappa shape index (κ3) is 4.81. The Kier molecular flexibility index (Phi) is 6.82. The van der Waals surface area contributed by atoms with E-state index in [0.717, 1.165) is 0 Å². The van der Waals surface area contributed by atoms with Crippen LogP contribution in [-0.4, -0.2) is 75.0 Å². The summed E-state index contributed by atoms with van der Waals surface area (Å²) in [5.74, 6) is -2.15. The van der Waals surface area contributed by atoms with Gasteiger partial charge < -0.3 is 25.4 Å². The van der Waals surface area contributed by atoms with Crippen LogP contribution in [0.1, 0.15) is 25.7 Å². The van der Waals surface area contributed by atoms with E-state index in [4.69, 9.17) is 10.5 Å². The van der Waals surface area contributed by atoms with E-state index < -0.39 is 34.0 Å². The van der Waals surface area contributed by atoms with Gasteiger partial charge in [-0.05, 0) is 31.4 Å². The number of aliphatic hydroxyl groups excluding tert-OH is 1. The number of piperidine rings is 1. The predicted molar refractivity (Wildman–Crippen MR) is 110 cm³/mol. The minimum Gasteiger partial charge on any atom is -0.493 e. The number of nitrogens with zero attached hydrogens (tertiary/aromatic N) is 2. The Morgan fingerprint density at radius 1 is 1.26 bits per heavy atom. The summed E-state index contributed by atoms with van der Waals surface area (Å²) in [7, 11) is -3.15. The first-order valence-electron chi connectivity index (χ1n) is 9.91. The van der Waals surface area contributed by atoms with Crippen molar-refractivity contribution in [1.82, 2.24) is 9.62 Å². The number of likely N-dealkylation sites (tertiary alicyclic amines) is 1. The molecule has 11 nitrogen and oxygen atoms in total. The van der Waals surface area contributed by atoms with Gasteiger partial charge in [-0.25, -0.2) is 8.42 Å². The molecule has 0 aliphatic carbocycles. The fourth-order valence-corrected chi connectivity index (χ4v) is 5.10. The second-order valence-corrected chi connectivity index (χ2v) is 9.15. The van der Waals surface area contributed by atoms with Gasteiger partial charge in [0, 0.05) is 26.1 Å². The van der Waals surface area contributed by atoms with Gasteiger partial charge >= 0.3 is 0 Å². The molecule has 31 heavy (non-hydrogen) atoms. The molecule has 2 saturated heterocycles. The molecular weight excluding hydrogens is 428 g/mol. The SMILES string of the molecule is COc1c(N2CCCC2=O)cccc1S(=O)(=O)N[C@@H](C(N)=O)C(=O)N1CCC(O)CC1. The standard InChI is InChI=1S/C19H26N4O7S/c1-30-17-13(23-9-3-6-15(23)25)4-2-5-14(17)31(28,29)21-16(18(20)26)19(27)22-10-7-12(24)8-11-22/h2,4-5,12,16,21,24H,3,6-11H2,1H3,(H2,20,26)/t16-/m0/s1. The van der Waals surface area contributed by atoms with Crippen molar-refractivity contribution in [3.63, 3.8) is 0 Å². The Bertz CT molecular complexity index is 973. The number of hydrogen-bond acceptors (Lipinski definition) is 7. The van der Waals surface area contributed by atoms with E-state index >= 15 is 0 Å². The molecule has 2 aliphatic rings. The van der Waals surface area contributed by atoms with E-state index in [1.807, 2.05) is 0 Å². The van der Waals surface area contributed by atoms with E-state index in [2.05, 4.69) is 4.72 Å². The Hall–Kier alpha value is -2.70. The van der Waals surface area contributed by atoms with Crippen LogP contribution in [0, 0.1) is 0 Å². The number of primary amides is 1. The number of benzene rings is 1. The maximum Gasteiger partial charge on any atom is 0.250 e. The topological polar surface area (TPSA) is 159 Å². The van der Waals surface area contributed by atoms with E-state index in [-0.39, 0.29) is 29.6 Å². The Balaban J connectivity index is 1.90. The third-order valence-corrected chi connectivity index (χ3v) is 6.84. The number of carbonyl (C=O) groups excluding carboxylic acids is 3. The quantitative estimate of drug-likeness (QED) is 0.443. The first kappa shape index (κ1) is 23.0. The number of sulfonamides is 1. The fraction of sp³-hybridized carbons (Fsp3) is 0.526. The highest BCUT2D eigenvalue weighted by Gasteiger charge is 2.37. The van der Waals surface area contributed by atoms with E-state index in [1.165, 1.54) is 29.0 Å². The highest BCUT2D eigenvalue weighted by atomic mass is 32.2. The zero-order valence-electron chi connectivity index (χ0n) is 17.1. The van der Waals surface area contributed by atoms with Gasteiger partial charge in [0.25, 0.3) is 0 Å². The Labute approximate surface area is 180 Å². The zero-order valence-corrected chi connectivity index (χ0v) is 17.9. The number of nitrogens with two attached hydrogens (primary N) is 1. The van der Waals surface area contributed by atoms with Crippen LogP contribution in [-0.2, 0) is 24.4 Å². The van der Waals surface area contributed by atoms with Crippen molar-refractivity contribution in [2.75, 3.05) is 31.6 Å². The maximum absolute atomic E-state index is 13.1. The molecule has 12 heteroatoms. The predicted octanol–water partition coefficient (Wildman–Crippen LogP) is -1.06. The highest BCUT2D eigenvalue weighted by molar-refractivity contribution is 7.89. The lowest BCUT2D eigenvalue weighted by molar-refractivity contribution is -0.139. The lowest BCUT2D eigenvalue weighted by Crippen LogP contribution is -2.56. The number of methoxy groups -OCH3 is 1. The normalized spacial score (nSPS) is 18.8. The molecule has 0 saturated carbocycles. The zero-order chi connectivity index (χ0) is 22.8. The van der Waals surface area contributed by atoms with Crippen molar-refractivity contribution in [2.24, 2.45) is 5.73 Å². The van der Waals surface area contributed by atoms with Crippen LogP contribution in [0.5, 0.6) is 5.75 Å². The van der Waals surface area contributed by atoms with E-state index in [1.54, 1.807) is 6.07 Å². The van der Waals surface area contributed by atoms with E-state index in [9.17, 15) is 27.9 Å². The molecule has 170 valence electrons. The van der Waals surface area contributed by atoms with Crippen LogP contribution in [0.3, 0.4) is 0 Å². The van der Waals surface area contributed by atoms with Crippen molar-refractivity contribution in [3.05, 3.63) is 18.2 Å². The molecule has 0 radical (unpaired) electrons. The first-order valence-corrected chi connectivity index (χ1v) is 11.4. The maximum atomic E-state index is 13.1. The summed E-state index contributed by atoms with van der Waals surface area (Å²) in [6, 6.07) is 2.45. The lowest BCUT2D eigenvalue weighted by atomic mass is 10.1. The second kappa shape index (κ2) is 9.20. The molecule has 1 aromatic rings. The van der Waals surface area contributed by atoms with Crippen LogP contribution in [0.4, 0.5) is 5.69 Å². The average molecular weight is 455 g/mol. The largest absolute Gasteiger partial charge is 0.493 e. The van der Waals surface area contributed by atoms with Crippen LogP contribution in [0.2, 0.25) is 0 Å². The molecule has 1 aromatic carbocycles.